The Kier molecular flexibility index (Phi) is 3.03. The van der Waals surface area contributed by atoms with E-state index in [1.165, 1.54) is 0 Å². The van der Waals surface area contributed by atoms with Gasteiger partial charge in [-0.1, -0.05) is 12.1 Å². The van der Waals surface area contributed by atoms with Gasteiger partial charge in [-0.3, -0.25) is 0 Å². The van der Waals surface area contributed by atoms with Gasteiger partial charge in [-0.05, 0) is 23.8 Å². The molecular weight excluding hydrogens is 288 g/mol. The summed E-state index contributed by atoms with van der Waals surface area (Å²) in [6, 6.07) is 4.24. The summed E-state index contributed by atoms with van der Waals surface area (Å²) in [4.78, 5) is 0. The third-order valence-electron chi connectivity index (χ3n) is 2.73. The number of nitrogens with zero attached hydrogens (tertiary/aromatic N) is 2. The molecule has 2 N–H and O–H groups in total. The van der Waals surface area contributed by atoms with E-state index in [4.69, 9.17) is 5.73 Å². The normalized spacial score (nSPS) is 23.0. The van der Waals surface area contributed by atoms with Gasteiger partial charge in [-0.2, -0.15) is 31.5 Å². The van der Waals surface area contributed by atoms with Gasteiger partial charge in [0.15, 0.2) is 5.70 Å². The lowest BCUT2D eigenvalue weighted by atomic mass is 9.89. The fourth-order valence-electron chi connectivity index (χ4n) is 1.71. The number of nitrogen functional groups attached to an aromatic ring is 1. The molecule has 0 radical (unpaired) electrons. The van der Waals surface area contributed by atoms with E-state index >= 15 is 0 Å². The Morgan fingerprint density at radius 2 is 1.50 bits per heavy atom. The van der Waals surface area contributed by atoms with Crippen LogP contribution < -0.4 is 5.73 Å². The number of alkyl halides is 6. The molecule has 0 fully saturated rings. The van der Waals surface area contributed by atoms with Gasteiger partial charge in [0.05, 0.1) is 0 Å². The van der Waals surface area contributed by atoms with Gasteiger partial charge in [0.25, 0.3) is 0 Å². The molecule has 3 nitrogen and oxygen atoms in total. The molecule has 1 unspecified atom stereocenters. The highest BCUT2D eigenvalue weighted by Crippen LogP contribution is 2.49. The maximum absolute atomic E-state index is 13.2. The number of anilines is 1. The van der Waals surface area contributed by atoms with Crippen LogP contribution in [0.4, 0.5) is 32.0 Å². The Morgan fingerprint density at radius 3 is 1.90 bits per heavy atom. The van der Waals surface area contributed by atoms with Crippen molar-refractivity contribution in [3.8, 4) is 0 Å². The summed E-state index contributed by atoms with van der Waals surface area (Å²) in [5.74, 6) is 0. The molecule has 1 atom stereocenters. The van der Waals surface area contributed by atoms with Crippen LogP contribution in [0.2, 0.25) is 0 Å². The number of hydrogen-bond donors (Lipinski definition) is 1. The summed E-state index contributed by atoms with van der Waals surface area (Å²) in [7, 11) is 0. The smallest absolute Gasteiger partial charge is 0.399 e. The first kappa shape index (κ1) is 14.4. The predicted octanol–water partition coefficient (Wildman–Crippen LogP) is 3.94. The third-order valence-corrected chi connectivity index (χ3v) is 2.73. The average Bonchev–Trinajstić information content (AvgIpc) is 2.75. The van der Waals surface area contributed by atoms with Crippen molar-refractivity contribution in [2.75, 3.05) is 5.73 Å². The number of benzene rings is 1. The molecule has 9 heteroatoms. The molecule has 0 spiro atoms. The van der Waals surface area contributed by atoms with E-state index in [1.807, 2.05) is 0 Å². The molecule has 0 aliphatic carbocycles. The van der Waals surface area contributed by atoms with Crippen LogP contribution in [0.3, 0.4) is 0 Å². The zero-order valence-electron chi connectivity index (χ0n) is 9.63. The van der Waals surface area contributed by atoms with Crippen LogP contribution in [0.5, 0.6) is 0 Å². The first-order valence-corrected chi connectivity index (χ1v) is 5.22. The first-order chi connectivity index (χ1) is 9.06. The Morgan fingerprint density at radius 1 is 0.950 bits per heavy atom. The lowest BCUT2D eigenvalue weighted by molar-refractivity contribution is -0.174. The van der Waals surface area contributed by atoms with E-state index in [1.54, 1.807) is 0 Å². The van der Waals surface area contributed by atoms with Gasteiger partial charge in [0.1, 0.15) is 0 Å². The Bertz CT molecular complexity index is 569. The first-order valence-electron chi connectivity index (χ1n) is 5.22. The minimum Gasteiger partial charge on any atom is -0.399 e. The zero-order chi connectivity index (χ0) is 15.2. The van der Waals surface area contributed by atoms with Crippen molar-refractivity contribution < 1.29 is 26.3 Å². The van der Waals surface area contributed by atoms with E-state index in [0.717, 1.165) is 24.3 Å². The van der Waals surface area contributed by atoms with Crippen molar-refractivity contribution in [3.05, 3.63) is 41.6 Å². The molecule has 20 heavy (non-hydrogen) atoms. The highest BCUT2D eigenvalue weighted by Gasteiger charge is 2.59. The van der Waals surface area contributed by atoms with Gasteiger partial charge in [-0.25, -0.2) is 0 Å². The summed E-state index contributed by atoms with van der Waals surface area (Å²) in [5, 5.41) is 5.47. The molecule has 108 valence electrons. The van der Waals surface area contributed by atoms with Crippen LogP contribution in [0.1, 0.15) is 5.56 Å². The largest absolute Gasteiger partial charge is 0.434 e. The number of rotatable bonds is 1. The summed E-state index contributed by atoms with van der Waals surface area (Å²) in [6.45, 7) is 0. The monoisotopic (exact) mass is 295 g/mol. The SMILES string of the molecule is Nc1ccc(C2(C(F)(F)F)C=C(C(F)(F)F)N=N2)cc1. The quantitative estimate of drug-likeness (QED) is 0.619. The number of nitrogens with two attached hydrogens (primary N) is 1. The van der Waals surface area contributed by atoms with E-state index in [0.29, 0.717) is 0 Å². The summed E-state index contributed by atoms with van der Waals surface area (Å²) < 4.78 is 76.9. The van der Waals surface area contributed by atoms with Gasteiger partial charge in [0.2, 0.25) is 5.54 Å². The van der Waals surface area contributed by atoms with Crippen LogP contribution in [-0.2, 0) is 5.54 Å². The highest BCUT2D eigenvalue weighted by molar-refractivity contribution is 5.45. The fourth-order valence-corrected chi connectivity index (χ4v) is 1.71. The summed E-state index contributed by atoms with van der Waals surface area (Å²) >= 11 is 0. The number of hydrogen-bond acceptors (Lipinski definition) is 3. The van der Waals surface area contributed by atoms with Crippen molar-refractivity contribution in [3.63, 3.8) is 0 Å². The second kappa shape index (κ2) is 4.22. The molecule has 2 rings (SSSR count). The van der Waals surface area contributed by atoms with Crippen LogP contribution in [-0.4, -0.2) is 12.4 Å². The van der Waals surface area contributed by atoms with Gasteiger partial charge >= 0.3 is 12.4 Å². The van der Waals surface area contributed by atoms with Crippen LogP contribution >= 0.6 is 0 Å². The highest BCUT2D eigenvalue weighted by atomic mass is 19.4. The lowest BCUT2D eigenvalue weighted by Crippen LogP contribution is -2.38. The molecule has 0 saturated carbocycles. The summed E-state index contributed by atoms with van der Waals surface area (Å²) in [6.07, 6.45) is -10.1. The van der Waals surface area contributed by atoms with Crippen LogP contribution in [0, 0.1) is 0 Å². The number of allylic oxidation sites excluding steroid dienone is 1. The molecule has 1 aromatic rings. The van der Waals surface area contributed by atoms with Gasteiger partial charge in [0, 0.05) is 5.69 Å². The fraction of sp³-hybridized carbons (Fsp3) is 0.273. The Hall–Kier alpha value is -2.06. The second-order valence-corrected chi connectivity index (χ2v) is 4.11. The van der Waals surface area contributed by atoms with Crippen molar-refractivity contribution in [1.82, 2.24) is 0 Å². The number of halogens is 6. The van der Waals surface area contributed by atoms with E-state index in [9.17, 15) is 26.3 Å². The average molecular weight is 295 g/mol. The lowest BCUT2D eigenvalue weighted by Gasteiger charge is -2.26. The Balaban J connectivity index is 2.59. The van der Waals surface area contributed by atoms with E-state index in [-0.39, 0.29) is 11.8 Å². The van der Waals surface area contributed by atoms with E-state index in [2.05, 4.69) is 10.2 Å². The molecule has 1 aromatic carbocycles. The topological polar surface area (TPSA) is 50.7 Å². The molecular formula is C11H7F6N3. The second-order valence-electron chi connectivity index (χ2n) is 4.11. The molecule has 0 bridgehead atoms. The molecule has 1 heterocycles. The van der Waals surface area contributed by atoms with Gasteiger partial charge in [-0.15, -0.1) is 5.11 Å². The Labute approximate surface area is 108 Å². The molecule has 0 amide bonds. The van der Waals surface area contributed by atoms with Crippen molar-refractivity contribution in [2.24, 2.45) is 10.2 Å². The van der Waals surface area contributed by atoms with E-state index < -0.39 is 29.2 Å². The van der Waals surface area contributed by atoms with Crippen molar-refractivity contribution in [1.29, 1.82) is 0 Å². The zero-order valence-corrected chi connectivity index (χ0v) is 9.63. The molecule has 0 saturated heterocycles. The number of azo groups is 1. The third kappa shape index (κ3) is 2.23. The summed E-state index contributed by atoms with van der Waals surface area (Å²) in [5.41, 5.74) is 0.233. The predicted molar refractivity (Wildman–Crippen MR) is 57.6 cm³/mol. The van der Waals surface area contributed by atoms with Crippen LogP contribution in [0.25, 0.3) is 0 Å². The molecule has 0 aromatic heterocycles. The molecule has 1 aliphatic heterocycles. The van der Waals surface area contributed by atoms with Crippen molar-refractivity contribution in [2.45, 2.75) is 17.9 Å². The van der Waals surface area contributed by atoms with Crippen molar-refractivity contribution >= 4 is 5.69 Å². The standard InChI is InChI=1S/C11H7F6N3/c12-10(13,14)8-5-9(20-19-8,11(15,16)17)6-1-3-7(18)4-2-6/h1-5H,18H2. The van der Waals surface area contributed by atoms with Gasteiger partial charge < -0.3 is 5.73 Å². The van der Waals surface area contributed by atoms with Crippen LogP contribution in [0.15, 0.2) is 46.3 Å². The minimum absolute atomic E-state index is 0.0292. The minimum atomic E-state index is -5.06. The maximum atomic E-state index is 13.2. The molecule has 1 aliphatic rings. The maximum Gasteiger partial charge on any atom is 0.434 e.